The molecule has 0 aromatic carbocycles. The average Bonchev–Trinajstić information content (AvgIpc) is 2.17. The van der Waals surface area contributed by atoms with E-state index in [1.807, 2.05) is 25.1 Å². The minimum absolute atomic E-state index is 0.0628. The van der Waals surface area contributed by atoms with Gasteiger partial charge in [0.15, 0.2) is 0 Å². The summed E-state index contributed by atoms with van der Waals surface area (Å²) in [5, 5.41) is 2.79. The molecule has 2 heterocycles. The van der Waals surface area contributed by atoms with Gasteiger partial charge in [-0.25, -0.2) is 0 Å². The van der Waals surface area contributed by atoms with Gasteiger partial charge in [-0.1, -0.05) is 6.07 Å². The molecule has 0 radical (unpaired) electrons. The van der Waals surface area contributed by atoms with Crippen LogP contribution in [0.1, 0.15) is 20.2 Å². The summed E-state index contributed by atoms with van der Waals surface area (Å²) in [5.41, 5.74) is 1.81. The highest BCUT2D eigenvalue weighted by Crippen LogP contribution is 2.16. The number of rotatable bonds is 1. The molecule has 0 spiro atoms. The first-order valence-corrected chi connectivity index (χ1v) is 4.37. The lowest BCUT2D eigenvalue weighted by atomic mass is 10.2. The van der Waals surface area contributed by atoms with E-state index in [0.717, 1.165) is 11.4 Å². The Morgan fingerprint density at radius 1 is 1.69 bits per heavy atom. The molecule has 1 aliphatic rings. The number of aromatic nitrogens is 1. The molecular formula is C10H14N2O. The lowest BCUT2D eigenvalue weighted by Crippen LogP contribution is -2.33. The highest BCUT2D eigenvalue weighted by molar-refractivity contribution is 5.12. The molecule has 1 atom stereocenters. The van der Waals surface area contributed by atoms with Crippen LogP contribution in [-0.2, 0) is 4.74 Å². The van der Waals surface area contributed by atoms with Crippen molar-refractivity contribution in [3.63, 3.8) is 0 Å². The third kappa shape index (κ3) is 2.05. The minimum Gasteiger partial charge on any atom is -0.369 e. The summed E-state index contributed by atoms with van der Waals surface area (Å²) in [4.78, 5) is 4.36. The highest BCUT2D eigenvalue weighted by Gasteiger charge is 2.16. The molecule has 1 aromatic heterocycles. The standard InChI is InChI=1S/C10H14N2O/c1-8-3-2-4-9(12-8)10-7-11-5-6-13-10/h2-4,10-11H,5-7H2,1H3/t10-/m0/s1/i5D2. The zero-order valence-electron chi connectivity index (χ0n) is 9.58. The monoisotopic (exact) mass is 180 g/mol. The van der Waals surface area contributed by atoms with Crippen LogP contribution in [0, 0.1) is 6.92 Å². The van der Waals surface area contributed by atoms with Crippen LogP contribution in [0.25, 0.3) is 0 Å². The summed E-state index contributed by atoms with van der Waals surface area (Å²) in [6.07, 6.45) is -0.145. The van der Waals surface area contributed by atoms with Gasteiger partial charge in [-0.3, -0.25) is 4.98 Å². The number of nitrogens with one attached hydrogen (secondary N) is 1. The maximum atomic E-state index is 7.43. The maximum absolute atomic E-state index is 7.43. The van der Waals surface area contributed by atoms with Crippen LogP contribution in [0.2, 0.25) is 0 Å². The topological polar surface area (TPSA) is 34.1 Å². The third-order valence-electron chi connectivity index (χ3n) is 2.01. The SMILES string of the molecule is [2H]C1([2H])CO[C@H](c2cccc(C)n2)CN1. The predicted molar refractivity (Wildman–Crippen MR) is 50.5 cm³/mol. The van der Waals surface area contributed by atoms with Gasteiger partial charge in [0.05, 0.1) is 12.3 Å². The molecule has 2 rings (SSSR count). The van der Waals surface area contributed by atoms with Gasteiger partial charge in [-0.15, -0.1) is 0 Å². The minimum atomic E-state index is -1.42. The molecule has 0 bridgehead atoms. The fourth-order valence-electron chi connectivity index (χ4n) is 1.35. The van der Waals surface area contributed by atoms with Gasteiger partial charge in [0, 0.05) is 21.5 Å². The van der Waals surface area contributed by atoms with Crippen molar-refractivity contribution in [3.8, 4) is 0 Å². The zero-order valence-corrected chi connectivity index (χ0v) is 7.58. The van der Waals surface area contributed by atoms with Crippen LogP contribution in [0.15, 0.2) is 18.2 Å². The second-order valence-electron chi connectivity index (χ2n) is 3.06. The lowest BCUT2D eigenvalue weighted by molar-refractivity contribution is 0.0249. The molecule has 0 amide bonds. The van der Waals surface area contributed by atoms with Crippen molar-refractivity contribution in [2.75, 3.05) is 19.6 Å². The molecule has 0 aliphatic carbocycles. The Labute approximate surface area is 80.9 Å². The fraction of sp³-hybridized carbons (Fsp3) is 0.500. The predicted octanol–water partition coefficient (Wildman–Crippen LogP) is 1.05. The maximum Gasteiger partial charge on any atom is 0.112 e. The molecule has 1 aliphatic heterocycles. The lowest BCUT2D eigenvalue weighted by Gasteiger charge is -2.23. The molecule has 1 aromatic rings. The van der Waals surface area contributed by atoms with Gasteiger partial charge < -0.3 is 10.1 Å². The van der Waals surface area contributed by atoms with E-state index in [1.54, 1.807) is 0 Å². The first-order chi connectivity index (χ1) is 7.07. The molecule has 3 heteroatoms. The van der Waals surface area contributed by atoms with E-state index >= 15 is 0 Å². The van der Waals surface area contributed by atoms with Crippen LogP contribution < -0.4 is 5.32 Å². The number of nitrogens with zero attached hydrogens (tertiary/aromatic N) is 1. The highest BCUT2D eigenvalue weighted by atomic mass is 16.5. The molecule has 0 saturated carbocycles. The number of hydrogen-bond donors (Lipinski definition) is 1. The number of hydrogen-bond acceptors (Lipinski definition) is 3. The van der Waals surface area contributed by atoms with E-state index in [-0.39, 0.29) is 12.7 Å². The van der Waals surface area contributed by atoms with Gasteiger partial charge in [0.2, 0.25) is 0 Å². The van der Waals surface area contributed by atoms with Crippen molar-refractivity contribution in [2.24, 2.45) is 0 Å². The number of ether oxygens (including phenoxy) is 1. The Morgan fingerprint density at radius 3 is 3.31 bits per heavy atom. The van der Waals surface area contributed by atoms with Crippen LogP contribution in [0.5, 0.6) is 0 Å². The normalized spacial score (nSPS) is 29.2. The Balaban J connectivity index is 2.08. The van der Waals surface area contributed by atoms with Gasteiger partial charge in [0.1, 0.15) is 6.10 Å². The Hall–Kier alpha value is -0.930. The molecule has 1 fully saturated rings. The van der Waals surface area contributed by atoms with Gasteiger partial charge >= 0.3 is 0 Å². The molecule has 0 unspecified atom stereocenters. The molecule has 70 valence electrons. The first kappa shape index (κ1) is 6.51. The van der Waals surface area contributed by atoms with E-state index in [4.69, 9.17) is 7.48 Å². The molecule has 3 nitrogen and oxygen atoms in total. The van der Waals surface area contributed by atoms with E-state index in [0.29, 0.717) is 6.54 Å². The van der Waals surface area contributed by atoms with Gasteiger partial charge in [-0.2, -0.15) is 0 Å². The van der Waals surface area contributed by atoms with Crippen LogP contribution in [0.3, 0.4) is 0 Å². The largest absolute Gasteiger partial charge is 0.369 e. The zero-order chi connectivity index (χ0) is 10.9. The van der Waals surface area contributed by atoms with Gasteiger partial charge in [-0.05, 0) is 19.1 Å². The molecular weight excluding hydrogens is 164 g/mol. The van der Waals surface area contributed by atoms with Crippen molar-refractivity contribution >= 4 is 0 Å². The van der Waals surface area contributed by atoms with E-state index < -0.39 is 6.50 Å². The van der Waals surface area contributed by atoms with Crippen LogP contribution >= 0.6 is 0 Å². The second kappa shape index (κ2) is 3.85. The van der Waals surface area contributed by atoms with E-state index in [2.05, 4.69) is 10.3 Å². The van der Waals surface area contributed by atoms with E-state index in [9.17, 15) is 0 Å². The summed E-state index contributed by atoms with van der Waals surface area (Å²) in [6.45, 7) is 1.04. The summed E-state index contributed by atoms with van der Waals surface area (Å²) in [7, 11) is 0. The average molecular weight is 180 g/mol. The quantitative estimate of drug-likeness (QED) is 0.701. The van der Waals surface area contributed by atoms with Gasteiger partial charge in [0.25, 0.3) is 0 Å². The van der Waals surface area contributed by atoms with Crippen molar-refractivity contribution in [1.29, 1.82) is 0 Å². The van der Waals surface area contributed by atoms with Crippen molar-refractivity contribution < 1.29 is 7.48 Å². The smallest absolute Gasteiger partial charge is 0.112 e. The summed E-state index contributed by atoms with van der Waals surface area (Å²) >= 11 is 0. The number of pyridine rings is 1. The van der Waals surface area contributed by atoms with Crippen molar-refractivity contribution in [3.05, 3.63) is 29.6 Å². The third-order valence-corrected chi connectivity index (χ3v) is 2.01. The first-order valence-electron chi connectivity index (χ1n) is 5.37. The number of morpholine rings is 1. The summed E-state index contributed by atoms with van der Waals surface area (Å²) in [5.74, 6) is 0. The Kier molecular flexibility index (Phi) is 1.93. The van der Waals surface area contributed by atoms with E-state index in [1.165, 1.54) is 0 Å². The van der Waals surface area contributed by atoms with Crippen molar-refractivity contribution in [2.45, 2.75) is 13.0 Å². The summed E-state index contributed by atoms with van der Waals surface area (Å²) < 4.78 is 20.3. The molecule has 1 saturated heterocycles. The molecule has 13 heavy (non-hydrogen) atoms. The Bertz CT molecular complexity index is 347. The second-order valence-corrected chi connectivity index (χ2v) is 3.06. The fourth-order valence-corrected chi connectivity index (χ4v) is 1.35. The molecule has 1 N–H and O–H groups in total. The number of aryl methyl sites for hydroxylation is 1. The van der Waals surface area contributed by atoms with Crippen molar-refractivity contribution in [1.82, 2.24) is 10.3 Å². The van der Waals surface area contributed by atoms with Crippen LogP contribution in [-0.4, -0.2) is 24.6 Å². The summed E-state index contributed by atoms with van der Waals surface area (Å²) in [6, 6.07) is 5.77. The van der Waals surface area contributed by atoms with Crippen LogP contribution in [0.4, 0.5) is 0 Å². The Morgan fingerprint density at radius 2 is 2.62 bits per heavy atom.